The van der Waals surface area contributed by atoms with Crippen LogP contribution in [0.2, 0.25) is 0 Å². The molecule has 0 aliphatic heterocycles. The second-order valence-corrected chi connectivity index (χ2v) is 5.67. The molecule has 4 nitrogen and oxygen atoms in total. The number of nitrogens with one attached hydrogen (secondary N) is 2. The molecule has 0 fully saturated rings. The highest BCUT2D eigenvalue weighted by Gasteiger charge is 2.07. The minimum atomic E-state index is -0.0441. The Labute approximate surface area is 129 Å². The predicted octanol–water partition coefficient (Wildman–Crippen LogP) is 2.92. The number of carbonyl (C=O) groups is 1. The number of hydrogen-bond acceptors (Lipinski definition) is 4. The molecule has 0 aliphatic carbocycles. The number of anilines is 1. The number of ether oxygens (including phenoxy) is 1. The molecule has 0 radical (unpaired) electrons. The van der Waals surface area contributed by atoms with Crippen LogP contribution in [0.25, 0.3) is 0 Å². The van der Waals surface area contributed by atoms with Crippen molar-refractivity contribution in [2.24, 2.45) is 0 Å². The second-order valence-electron chi connectivity index (χ2n) is 4.89. The fraction of sp³-hybridized carbons (Fsp3) is 0.312. The van der Waals surface area contributed by atoms with E-state index in [2.05, 4.69) is 34.4 Å². The number of methoxy groups -OCH3 is 1. The van der Waals surface area contributed by atoms with Crippen LogP contribution < -0.4 is 15.4 Å². The zero-order valence-electron chi connectivity index (χ0n) is 12.3. The van der Waals surface area contributed by atoms with E-state index < -0.39 is 0 Å². The summed E-state index contributed by atoms with van der Waals surface area (Å²) in [6.07, 6.45) is 0.930. The van der Waals surface area contributed by atoms with Crippen molar-refractivity contribution in [3.05, 3.63) is 46.7 Å². The Balaban J connectivity index is 1.73. The van der Waals surface area contributed by atoms with Gasteiger partial charge >= 0.3 is 0 Å². The topological polar surface area (TPSA) is 50.4 Å². The van der Waals surface area contributed by atoms with Gasteiger partial charge in [0, 0.05) is 11.7 Å². The zero-order valence-corrected chi connectivity index (χ0v) is 13.1. The van der Waals surface area contributed by atoms with Crippen LogP contribution in [0.15, 0.2) is 41.1 Å². The van der Waals surface area contributed by atoms with Crippen LogP contribution >= 0.6 is 11.3 Å². The maximum Gasteiger partial charge on any atom is 0.238 e. The number of carbonyl (C=O) groups excluding carboxylic acids is 1. The van der Waals surface area contributed by atoms with Gasteiger partial charge in [-0.1, -0.05) is 0 Å². The lowest BCUT2D eigenvalue weighted by Crippen LogP contribution is -2.35. The molecule has 0 spiro atoms. The molecule has 1 amide bonds. The maximum absolute atomic E-state index is 11.9. The van der Waals surface area contributed by atoms with Crippen LogP contribution in [0.5, 0.6) is 5.75 Å². The Morgan fingerprint density at radius 2 is 2.05 bits per heavy atom. The van der Waals surface area contributed by atoms with E-state index in [0.717, 1.165) is 17.9 Å². The second kappa shape index (κ2) is 7.81. The summed E-state index contributed by atoms with van der Waals surface area (Å²) in [5.74, 6) is 0.729. The van der Waals surface area contributed by atoms with Gasteiger partial charge in [-0.05, 0) is 60.0 Å². The van der Waals surface area contributed by atoms with E-state index in [9.17, 15) is 4.79 Å². The van der Waals surface area contributed by atoms with Gasteiger partial charge in [0.05, 0.1) is 13.7 Å². The summed E-state index contributed by atoms with van der Waals surface area (Å²) in [4.78, 5) is 11.9. The van der Waals surface area contributed by atoms with Crippen molar-refractivity contribution in [3.8, 4) is 5.75 Å². The molecule has 0 aliphatic rings. The average molecular weight is 304 g/mol. The summed E-state index contributed by atoms with van der Waals surface area (Å²) in [6.45, 7) is 2.38. The van der Waals surface area contributed by atoms with E-state index in [1.807, 2.05) is 24.3 Å². The van der Waals surface area contributed by atoms with Gasteiger partial charge in [-0.3, -0.25) is 4.79 Å². The third-order valence-corrected chi connectivity index (χ3v) is 3.84. The quantitative estimate of drug-likeness (QED) is 0.827. The van der Waals surface area contributed by atoms with Gasteiger partial charge in [-0.15, -0.1) is 0 Å². The van der Waals surface area contributed by atoms with E-state index in [4.69, 9.17) is 4.74 Å². The molecule has 0 bridgehead atoms. The molecule has 2 N–H and O–H groups in total. The highest BCUT2D eigenvalue weighted by molar-refractivity contribution is 7.07. The van der Waals surface area contributed by atoms with Crippen molar-refractivity contribution in [1.29, 1.82) is 0 Å². The fourth-order valence-electron chi connectivity index (χ4n) is 1.98. The predicted molar refractivity (Wildman–Crippen MR) is 87.1 cm³/mol. The highest BCUT2D eigenvalue weighted by atomic mass is 32.1. The van der Waals surface area contributed by atoms with Crippen LogP contribution in [0, 0.1) is 0 Å². The smallest absolute Gasteiger partial charge is 0.238 e. The monoisotopic (exact) mass is 304 g/mol. The molecule has 1 unspecified atom stereocenters. The van der Waals surface area contributed by atoms with Crippen molar-refractivity contribution in [2.75, 3.05) is 19.0 Å². The van der Waals surface area contributed by atoms with E-state index >= 15 is 0 Å². The Morgan fingerprint density at radius 3 is 2.67 bits per heavy atom. The SMILES string of the molecule is COc1ccc(NC(=O)CNC(C)Cc2ccsc2)cc1. The number of hydrogen-bond donors (Lipinski definition) is 2. The molecule has 1 heterocycles. The van der Waals surface area contributed by atoms with Gasteiger partial charge in [0.25, 0.3) is 0 Å². The fourth-order valence-corrected chi connectivity index (χ4v) is 2.66. The summed E-state index contributed by atoms with van der Waals surface area (Å²) >= 11 is 1.69. The summed E-state index contributed by atoms with van der Waals surface area (Å²) in [6, 6.07) is 9.67. The maximum atomic E-state index is 11.9. The van der Waals surface area contributed by atoms with E-state index in [1.165, 1.54) is 5.56 Å². The molecule has 1 atom stereocenters. The largest absolute Gasteiger partial charge is 0.497 e. The Hall–Kier alpha value is -1.85. The van der Waals surface area contributed by atoms with Gasteiger partial charge < -0.3 is 15.4 Å². The molecule has 0 saturated heterocycles. The standard InChI is InChI=1S/C16H20N2O2S/c1-12(9-13-7-8-21-11-13)17-10-16(19)18-14-3-5-15(20-2)6-4-14/h3-8,11-12,17H,9-10H2,1-2H3,(H,18,19). The van der Waals surface area contributed by atoms with E-state index in [-0.39, 0.29) is 11.9 Å². The van der Waals surface area contributed by atoms with Crippen LogP contribution in [0.1, 0.15) is 12.5 Å². The Bertz CT molecular complexity index is 552. The molecule has 112 valence electrons. The molecule has 0 saturated carbocycles. The molecule has 21 heavy (non-hydrogen) atoms. The van der Waals surface area contributed by atoms with Crippen LogP contribution in [0.3, 0.4) is 0 Å². The minimum Gasteiger partial charge on any atom is -0.497 e. The minimum absolute atomic E-state index is 0.0441. The number of rotatable bonds is 7. The van der Waals surface area contributed by atoms with Gasteiger partial charge in [0.1, 0.15) is 5.75 Å². The Kier molecular flexibility index (Phi) is 5.78. The normalized spacial score (nSPS) is 11.9. The molecule has 2 aromatic rings. The van der Waals surface area contributed by atoms with Crippen molar-refractivity contribution in [2.45, 2.75) is 19.4 Å². The van der Waals surface area contributed by atoms with Crippen molar-refractivity contribution < 1.29 is 9.53 Å². The lowest BCUT2D eigenvalue weighted by Gasteiger charge is -2.13. The lowest BCUT2D eigenvalue weighted by atomic mass is 10.1. The Morgan fingerprint density at radius 1 is 1.29 bits per heavy atom. The molecular weight excluding hydrogens is 284 g/mol. The van der Waals surface area contributed by atoms with E-state index in [0.29, 0.717) is 6.54 Å². The third-order valence-electron chi connectivity index (χ3n) is 3.11. The van der Waals surface area contributed by atoms with Crippen molar-refractivity contribution in [3.63, 3.8) is 0 Å². The molecule has 5 heteroatoms. The first-order valence-electron chi connectivity index (χ1n) is 6.85. The van der Waals surface area contributed by atoms with Gasteiger partial charge in [0.2, 0.25) is 5.91 Å². The first-order valence-corrected chi connectivity index (χ1v) is 7.80. The summed E-state index contributed by atoms with van der Waals surface area (Å²) in [5.41, 5.74) is 2.07. The highest BCUT2D eigenvalue weighted by Crippen LogP contribution is 2.14. The van der Waals surface area contributed by atoms with Crippen LogP contribution in [-0.2, 0) is 11.2 Å². The first-order chi connectivity index (χ1) is 10.2. The summed E-state index contributed by atoms with van der Waals surface area (Å²) in [7, 11) is 1.62. The molecule has 1 aromatic heterocycles. The van der Waals surface area contributed by atoms with Crippen molar-refractivity contribution in [1.82, 2.24) is 5.32 Å². The number of amides is 1. The van der Waals surface area contributed by atoms with Gasteiger partial charge in [-0.25, -0.2) is 0 Å². The van der Waals surface area contributed by atoms with Crippen LogP contribution in [0.4, 0.5) is 5.69 Å². The molecule has 2 rings (SSSR count). The third kappa shape index (κ3) is 5.21. The number of benzene rings is 1. The number of thiophene rings is 1. The molecular formula is C16H20N2O2S. The lowest BCUT2D eigenvalue weighted by molar-refractivity contribution is -0.115. The van der Waals surface area contributed by atoms with Gasteiger partial charge in [0.15, 0.2) is 0 Å². The zero-order chi connectivity index (χ0) is 15.1. The summed E-state index contributed by atoms with van der Waals surface area (Å²) < 4.78 is 5.08. The first kappa shape index (κ1) is 15.5. The van der Waals surface area contributed by atoms with Crippen molar-refractivity contribution >= 4 is 22.9 Å². The molecule has 1 aromatic carbocycles. The van der Waals surface area contributed by atoms with Gasteiger partial charge in [-0.2, -0.15) is 11.3 Å². The average Bonchev–Trinajstić information content (AvgIpc) is 2.99. The van der Waals surface area contributed by atoms with Crippen LogP contribution in [-0.4, -0.2) is 25.6 Å². The summed E-state index contributed by atoms with van der Waals surface area (Å²) in [5, 5.41) is 10.3. The van der Waals surface area contributed by atoms with E-state index in [1.54, 1.807) is 18.4 Å².